The summed E-state index contributed by atoms with van der Waals surface area (Å²) in [4.78, 5) is 32.0. The summed E-state index contributed by atoms with van der Waals surface area (Å²) in [5, 5.41) is 2.66. The fourth-order valence-corrected chi connectivity index (χ4v) is 1.58. The van der Waals surface area contributed by atoms with Crippen LogP contribution in [0.4, 0.5) is 5.95 Å². The van der Waals surface area contributed by atoms with Crippen LogP contribution in [0.15, 0.2) is 12.4 Å². The topological polar surface area (TPSA) is 90.4 Å². The molecule has 1 N–H and O–H groups in total. The molecule has 0 fully saturated rings. The van der Waals surface area contributed by atoms with Crippen LogP contribution in [-0.4, -0.2) is 41.2 Å². The summed E-state index contributed by atoms with van der Waals surface area (Å²) in [6, 6.07) is -1.28. The molecule has 0 saturated heterocycles. The lowest BCUT2D eigenvalue weighted by molar-refractivity contribution is -0.155. The van der Waals surface area contributed by atoms with Gasteiger partial charge in [-0.3, -0.25) is 0 Å². The summed E-state index contributed by atoms with van der Waals surface area (Å²) in [6.07, 6.45) is 3.31. The van der Waals surface area contributed by atoms with E-state index in [9.17, 15) is 9.59 Å². The molecule has 0 amide bonds. The van der Waals surface area contributed by atoms with Crippen LogP contribution in [0.25, 0.3) is 0 Å². The van der Waals surface area contributed by atoms with E-state index in [1.54, 1.807) is 26.2 Å². The normalized spacial score (nSPS) is 11.2. The number of carbonyl (C=O) groups is 2. The number of rotatable bonds is 6. The molecular formula is C15H23N3O4. The Morgan fingerprint density at radius 1 is 1.09 bits per heavy atom. The van der Waals surface area contributed by atoms with Gasteiger partial charge in [0.25, 0.3) is 0 Å². The van der Waals surface area contributed by atoms with Crippen molar-refractivity contribution in [3.63, 3.8) is 0 Å². The molecule has 1 aromatic rings. The van der Waals surface area contributed by atoms with Crippen LogP contribution in [0.2, 0.25) is 0 Å². The Hall–Kier alpha value is -2.18. The Balaban J connectivity index is 2.89. The molecule has 0 spiro atoms. The van der Waals surface area contributed by atoms with Gasteiger partial charge in [-0.05, 0) is 24.8 Å². The summed E-state index contributed by atoms with van der Waals surface area (Å²) in [7, 11) is 0. The lowest BCUT2D eigenvalue weighted by Crippen LogP contribution is -2.40. The minimum absolute atomic E-state index is 0.0831. The van der Waals surface area contributed by atoms with E-state index in [0.717, 1.165) is 5.56 Å². The van der Waals surface area contributed by atoms with Gasteiger partial charge in [0.2, 0.25) is 12.0 Å². The quantitative estimate of drug-likeness (QED) is 0.631. The van der Waals surface area contributed by atoms with Crippen LogP contribution < -0.4 is 5.32 Å². The second-order valence-corrected chi connectivity index (χ2v) is 5.63. The molecule has 0 bridgehead atoms. The second-order valence-electron chi connectivity index (χ2n) is 5.63. The van der Waals surface area contributed by atoms with Gasteiger partial charge in [-0.25, -0.2) is 19.6 Å². The molecule has 0 aromatic carbocycles. The van der Waals surface area contributed by atoms with Crippen molar-refractivity contribution in [2.24, 2.45) is 0 Å². The van der Waals surface area contributed by atoms with Crippen molar-refractivity contribution in [2.45, 2.75) is 46.1 Å². The third kappa shape index (κ3) is 4.98. The molecule has 0 unspecified atom stereocenters. The van der Waals surface area contributed by atoms with Crippen molar-refractivity contribution in [3.8, 4) is 0 Å². The number of anilines is 1. The van der Waals surface area contributed by atoms with Crippen LogP contribution in [0.1, 0.15) is 40.2 Å². The lowest BCUT2D eigenvalue weighted by atomic mass is 9.89. The molecule has 22 heavy (non-hydrogen) atoms. The fraction of sp³-hybridized carbons (Fsp3) is 0.600. The number of hydrogen-bond donors (Lipinski definition) is 1. The third-order valence-corrected chi connectivity index (χ3v) is 2.84. The first kappa shape index (κ1) is 17.9. The average Bonchev–Trinajstić information content (AvgIpc) is 2.44. The monoisotopic (exact) mass is 309 g/mol. The van der Waals surface area contributed by atoms with Crippen LogP contribution in [0.5, 0.6) is 0 Å². The van der Waals surface area contributed by atoms with Gasteiger partial charge in [-0.15, -0.1) is 0 Å². The first-order valence-electron chi connectivity index (χ1n) is 7.22. The number of nitrogens with zero attached hydrogens (tertiary/aromatic N) is 2. The van der Waals surface area contributed by atoms with Gasteiger partial charge in [0.1, 0.15) is 0 Å². The van der Waals surface area contributed by atoms with Crippen molar-refractivity contribution in [2.75, 3.05) is 18.5 Å². The maximum atomic E-state index is 11.8. The zero-order valence-corrected chi connectivity index (χ0v) is 13.7. The minimum atomic E-state index is -1.28. The highest BCUT2D eigenvalue weighted by molar-refractivity contribution is 6.01. The molecule has 0 saturated carbocycles. The Bertz CT molecular complexity index is 491. The Labute approximate surface area is 130 Å². The number of esters is 2. The van der Waals surface area contributed by atoms with Crippen LogP contribution in [0, 0.1) is 0 Å². The summed E-state index contributed by atoms with van der Waals surface area (Å²) in [6.45, 7) is 9.78. The summed E-state index contributed by atoms with van der Waals surface area (Å²) in [5.74, 6) is -1.27. The van der Waals surface area contributed by atoms with E-state index < -0.39 is 18.0 Å². The molecule has 7 nitrogen and oxygen atoms in total. The molecule has 0 radical (unpaired) electrons. The standard InChI is InChI=1S/C15H23N3O4/c1-6-21-12(19)11(13(20)22-7-2)18-14-16-8-10(9-17-14)15(3,4)5/h8-9,11H,6-7H2,1-5H3,(H,16,17,18). The summed E-state index contributed by atoms with van der Waals surface area (Å²) in [5.41, 5.74) is 0.863. The van der Waals surface area contributed by atoms with E-state index in [2.05, 4.69) is 15.3 Å². The Kier molecular flexibility index (Phi) is 6.27. The van der Waals surface area contributed by atoms with E-state index in [1.807, 2.05) is 20.8 Å². The van der Waals surface area contributed by atoms with Crippen LogP contribution in [0.3, 0.4) is 0 Å². The lowest BCUT2D eigenvalue weighted by Gasteiger charge is -2.19. The average molecular weight is 309 g/mol. The molecule has 0 aliphatic heterocycles. The first-order valence-corrected chi connectivity index (χ1v) is 7.22. The zero-order valence-electron chi connectivity index (χ0n) is 13.7. The highest BCUT2D eigenvalue weighted by Crippen LogP contribution is 2.20. The maximum absolute atomic E-state index is 11.8. The van der Waals surface area contributed by atoms with Gasteiger partial charge >= 0.3 is 11.9 Å². The smallest absolute Gasteiger partial charge is 0.340 e. The molecule has 1 heterocycles. The SMILES string of the molecule is CCOC(=O)C(Nc1ncc(C(C)(C)C)cn1)C(=O)OCC. The number of nitrogens with one attached hydrogen (secondary N) is 1. The fourth-order valence-electron chi connectivity index (χ4n) is 1.58. The molecule has 0 aliphatic carbocycles. The molecule has 1 rings (SSSR count). The summed E-state index contributed by atoms with van der Waals surface area (Å²) < 4.78 is 9.73. The van der Waals surface area contributed by atoms with E-state index >= 15 is 0 Å². The Morgan fingerprint density at radius 3 is 1.91 bits per heavy atom. The maximum Gasteiger partial charge on any atom is 0.340 e. The highest BCUT2D eigenvalue weighted by atomic mass is 16.6. The number of hydrogen-bond acceptors (Lipinski definition) is 7. The molecule has 0 atom stereocenters. The van der Waals surface area contributed by atoms with E-state index in [-0.39, 0.29) is 24.6 Å². The highest BCUT2D eigenvalue weighted by Gasteiger charge is 2.30. The molecule has 122 valence electrons. The minimum Gasteiger partial charge on any atom is -0.464 e. The summed E-state index contributed by atoms with van der Waals surface area (Å²) >= 11 is 0. The van der Waals surface area contributed by atoms with Crippen LogP contribution in [-0.2, 0) is 24.5 Å². The zero-order chi connectivity index (χ0) is 16.8. The van der Waals surface area contributed by atoms with Gasteiger partial charge in [0.15, 0.2) is 0 Å². The first-order chi connectivity index (χ1) is 10.3. The predicted molar refractivity (Wildman–Crippen MR) is 81.4 cm³/mol. The van der Waals surface area contributed by atoms with Gasteiger partial charge < -0.3 is 14.8 Å². The molecular weight excluding hydrogens is 286 g/mol. The second kappa shape index (κ2) is 7.72. The van der Waals surface area contributed by atoms with Crippen molar-refractivity contribution in [1.82, 2.24) is 9.97 Å². The molecule has 7 heteroatoms. The Morgan fingerprint density at radius 2 is 1.55 bits per heavy atom. The number of aromatic nitrogens is 2. The van der Waals surface area contributed by atoms with Crippen molar-refractivity contribution in [3.05, 3.63) is 18.0 Å². The van der Waals surface area contributed by atoms with E-state index in [0.29, 0.717) is 0 Å². The van der Waals surface area contributed by atoms with E-state index in [1.165, 1.54) is 0 Å². The molecule has 1 aromatic heterocycles. The van der Waals surface area contributed by atoms with Gasteiger partial charge in [0.05, 0.1) is 13.2 Å². The molecule has 0 aliphatic rings. The largest absolute Gasteiger partial charge is 0.464 e. The van der Waals surface area contributed by atoms with Crippen LogP contribution >= 0.6 is 0 Å². The number of carbonyl (C=O) groups excluding carboxylic acids is 2. The van der Waals surface area contributed by atoms with Crippen molar-refractivity contribution < 1.29 is 19.1 Å². The number of ether oxygens (including phenoxy) is 2. The van der Waals surface area contributed by atoms with Crippen molar-refractivity contribution >= 4 is 17.9 Å². The van der Waals surface area contributed by atoms with E-state index in [4.69, 9.17) is 9.47 Å². The van der Waals surface area contributed by atoms with Gasteiger partial charge in [0, 0.05) is 12.4 Å². The van der Waals surface area contributed by atoms with Gasteiger partial charge in [-0.1, -0.05) is 20.8 Å². The van der Waals surface area contributed by atoms with Crippen molar-refractivity contribution in [1.29, 1.82) is 0 Å². The van der Waals surface area contributed by atoms with Gasteiger partial charge in [-0.2, -0.15) is 0 Å². The third-order valence-electron chi connectivity index (χ3n) is 2.84. The predicted octanol–water partition coefficient (Wildman–Crippen LogP) is 1.68.